The molecule has 10 rings (SSSR count). The van der Waals surface area contributed by atoms with Crippen LogP contribution in [0.2, 0.25) is 0 Å². The van der Waals surface area contributed by atoms with Gasteiger partial charge in [0.1, 0.15) is 0 Å². The van der Waals surface area contributed by atoms with Crippen LogP contribution >= 0.6 is 0 Å². The van der Waals surface area contributed by atoms with Crippen molar-refractivity contribution in [3.05, 3.63) is 194 Å². The van der Waals surface area contributed by atoms with E-state index in [0.29, 0.717) is 0 Å². The maximum Gasteiger partial charge on any atom is -0.00204 e. The first-order valence-corrected chi connectivity index (χ1v) is 17.3. The van der Waals surface area contributed by atoms with E-state index in [4.69, 9.17) is 0 Å². The number of rotatable bonds is 4. The largest absolute Gasteiger partial charge is 0.0616 e. The third kappa shape index (κ3) is 4.61. The molecule has 0 aliphatic rings. The summed E-state index contributed by atoms with van der Waals surface area (Å²) in [6.07, 6.45) is 0. The van der Waals surface area contributed by atoms with Gasteiger partial charge in [0.25, 0.3) is 0 Å². The van der Waals surface area contributed by atoms with Crippen LogP contribution < -0.4 is 0 Å². The van der Waals surface area contributed by atoms with E-state index in [-0.39, 0.29) is 0 Å². The zero-order chi connectivity index (χ0) is 33.0. The molecule has 0 N–H and O–H groups in total. The van der Waals surface area contributed by atoms with Gasteiger partial charge in [-0.05, 0) is 117 Å². The van der Waals surface area contributed by atoms with Crippen molar-refractivity contribution in [2.24, 2.45) is 0 Å². The monoisotopic (exact) mass is 632 g/mol. The Morgan fingerprint density at radius 2 is 0.660 bits per heavy atom. The van der Waals surface area contributed by atoms with Crippen molar-refractivity contribution in [2.45, 2.75) is 0 Å². The Kier molecular flexibility index (Phi) is 6.60. The second-order valence-electron chi connectivity index (χ2n) is 13.3. The van der Waals surface area contributed by atoms with Crippen LogP contribution in [0.3, 0.4) is 0 Å². The highest BCUT2D eigenvalue weighted by molar-refractivity contribution is 6.17. The normalized spacial score (nSPS) is 11.6. The van der Waals surface area contributed by atoms with Gasteiger partial charge in [-0.15, -0.1) is 0 Å². The van der Waals surface area contributed by atoms with Crippen molar-refractivity contribution < 1.29 is 0 Å². The van der Waals surface area contributed by atoms with Crippen molar-refractivity contribution in [3.63, 3.8) is 0 Å². The van der Waals surface area contributed by atoms with Crippen LogP contribution in [0.15, 0.2) is 194 Å². The highest BCUT2D eigenvalue weighted by Crippen LogP contribution is 2.45. The van der Waals surface area contributed by atoms with Gasteiger partial charge in [0.05, 0.1) is 0 Å². The molecule has 0 amide bonds. The topological polar surface area (TPSA) is 0 Å². The van der Waals surface area contributed by atoms with E-state index >= 15 is 0 Å². The van der Waals surface area contributed by atoms with E-state index in [1.807, 2.05) is 0 Å². The molecule has 0 saturated carbocycles. The fourth-order valence-corrected chi connectivity index (χ4v) is 8.09. The van der Waals surface area contributed by atoms with Crippen LogP contribution in [0.4, 0.5) is 0 Å². The molecule has 0 unspecified atom stereocenters. The van der Waals surface area contributed by atoms with Crippen LogP contribution in [0, 0.1) is 0 Å². The van der Waals surface area contributed by atoms with E-state index in [1.54, 1.807) is 0 Å². The summed E-state index contributed by atoms with van der Waals surface area (Å²) in [6, 6.07) is 71.4. The van der Waals surface area contributed by atoms with E-state index in [2.05, 4.69) is 194 Å². The first kappa shape index (κ1) is 28.5. The summed E-state index contributed by atoms with van der Waals surface area (Å²) in [7, 11) is 0. The van der Waals surface area contributed by atoms with Crippen LogP contribution in [0.5, 0.6) is 0 Å². The van der Waals surface area contributed by atoms with Crippen LogP contribution in [0.1, 0.15) is 0 Å². The molecule has 0 bridgehead atoms. The van der Waals surface area contributed by atoms with Gasteiger partial charge >= 0.3 is 0 Å². The maximum absolute atomic E-state index is 2.38. The van der Waals surface area contributed by atoms with Crippen molar-refractivity contribution in [2.75, 3.05) is 0 Å². The lowest BCUT2D eigenvalue weighted by atomic mass is 9.85. The van der Waals surface area contributed by atoms with Crippen LogP contribution in [-0.4, -0.2) is 0 Å². The summed E-state index contributed by atoms with van der Waals surface area (Å²) < 4.78 is 0. The average Bonchev–Trinajstić information content (AvgIpc) is 3.19. The minimum absolute atomic E-state index is 1.21. The van der Waals surface area contributed by atoms with E-state index < -0.39 is 0 Å². The number of hydrogen-bond acceptors (Lipinski definition) is 0. The van der Waals surface area contributed by atoms with E-state index in [9.17, 15) is 0 Å². The molecule has 0 atom stereocenters. The highest BCUT2D eigenvalue weighted by Gasteiger charge is 2.18. The fraction of sp³-hybridized carbons (Fsp3) is 0. The van der Waals surface area contributed by atoms with Crippen LogP contribution in [-0.2, 0) is 0 Å². The summed E-state index contributed by atoms with van der Waals surface area (Å²) in [5, 5.41) is 12.6. The Morgan fingerprint density at radius 1 is 0.200 bits per heavy atom. The Labute approximate surface area is 291 Å². The second-order valence-corrected chi connectivity index (χ2v) is 13.3. The zero-order valence-corrected chi connectivity index (χ0v) is 27.5. The molecule has 0 aromatic heterocycles. The van der Waals surface area contributed by atoms with Gasteiger partial charge < -0.3 is 0 Å². The lowest BCUT2D eigenvalue weighted by Crippen LogP contribution is -1.92. The lowest BCUT2D eigenvalue weighted by Gasteiger charge is -2.19. The molecule has 10 aromatic carbocycles. The molecule has 50 heavy (non-hydrogen) atoms. The number of fused-ring (bicyclic) bond motifs is 5. The summed E-state index contributed by atoms with van der Waals surface area (Å²) in [5.41, 5.74) is 9.98. The third-order valence-corrected chi connectivity index (χ3v) is 10.4. The zero-order valence-electron chi connectivity index (χ0n) is 27.5. The Bertz CT molecular complexity index is 2850. The standard InChI is InChI=1S/C50H32/c1-6-18-41-33(12-1)17-11-23-43(41)40-31-37-14-3-7-19-42(37)48(32-40)35-24-26-36(27-25-35)49-44-20-8-2-13-34(44)28-29-47(49)50-45-21-9-4-15-38(45)30-39-16-5-10-22-46(39)50/h1-32H. The maximum atomic E-state index is 2.38. The molecule has 0 heterocycles. The molecule has 10 aromatic rings. The molecular formula is C50H32. The average molecular weight is 633 g/mol. The second kappa shape index (κ2) is 11.6. The molecule has 232 valence electrons. The van der Waals surface area contributed by atoms with Crippen LogP contribution in [0.25, 0.3) is 98.4 Å². The molecule has 0 aliphatic carbocycles. The summed E-state index contributed by atoms with van der Waals surface area (Å²) in [5.74, 6) is 0. The number of hydrogen-bond donors (Lipinski definition) is 0. The fourth-order valence-electron chi connectivity index (χ4n) is 8.09. The van der Waals surface area contributed by atoms with E-state index in [0.717, 1.165) is 0 Å². The molecule has 0 fully saturated rings. The smallest absolute Gasteiger partial charge is 0.00204 e. The van der Waals surface area contributed by atoms with Gasteiger partial charge in [0.15, 0.2) is 0 Å². The molecular weight excluding hydrogens is 601 g/mol. The van der Waals surface area contributed by atoms with Crippen molar-refractivity contribution in [1.29, 1.82) is 0 Å². The first-order chi connectivity index (χ1) is 24.8. The van der Waals surface area contributed by atoms with Gasteiger partial charge in [-0.2, -0.15) is 0 Å². The Morgan fingerprint density at radius 3 is 1.30 bits per heavy atom. The highest BCUT2D eigenvalue weighted by atomic mass is 14.2. The Hall–Kier alpha value is -6.50. The van der Waals surface area contributed by atoms with Gasteiger partial charge in [-0.3, -0.25) is 0 Å². The van der Waals surface area contributed by atoms with Crippen molar-refractivity contribution in [1.82, 2.24) is 0 Å². The lowest BCUT2D eigenvalue weighted by molar-refractivity contribution is 1.61. The van der Waals surface area contributed by atoms with Crippen molar-refractivity contribution >= 4 is 53.9 Å². The third-order valence-electron chi connectivity index (χ3n) is 10.4. The minimum atomic E-state index is 1.21. The predicted molar refractivity (Wildman–Crippen MR) is 216 cm³/mol. The summed E-state index contributed by atoms with van der Waals surface area (Å²) >= 11 is 0. The van der Waals surface area contributed by atoms with Gasteiger partial charge in [0.2, 0.25) is 0 Å². The summed E-state index contributed by atoms with van der Waals surface area (Å²) in [4.78, 5) is 0. The number of benzene rings is 10. The molecule has 0 nitrogen and oxygen atoms in total. The van der Waals surface area contributed by atoms with Crippen molar-refractivity contribution in [3.8, 4) is 44.5 Å². The van der Waals surface area contributed by atoms with Gasteiger partial charge in [-0.25, -0.2) is 0 Å². The molecule has 0 heteroatoms. The van der Waals surface area contributed by atoms with Gasteiger partial charge in [-0.1, -0.05) is 176 Å². The van der Waals surface area contributed by atoms with Gasteiger partial charge in [0, 0.05) is 0 Å². The molecule has 0 spiro atoms. The summed E-state index contributed by atoms with van der Waals surface area (Å²) in [6.45, 7) is 0. The quantitative estimate of drug-likeness (QED) is 0.169. The van der Waals surface area contributed by atoms with E-state index in [1.165, 1.54) is 98.4 Å². The SMILES string of the molecule is c1ccc2c(-c3cc(-c4ccc(-c5c(-c6c7ccccc7cc7ccccc67)ccc6ccccc56)cc4)c4ccccc4c3)cccc2c1. The predicted octanol–water partition coefficient (Wildman–Crippen LogP) is 14.1. The molecule has 0 saturated heterocycles. The minimum Gasteiger partial charge on any atom is -0.0616 e. The first-order valence-electron chi connectivity index (χ1n) is 17.3. The molecule has 0 radical (unpaired) electrons. The molecule has 0 aliphatic heterocycles. The Balaban J connectivity index is 1.19.